The highest BCUT2D eigenvalue weighted by molar-refractivity contribution is 7.92. The van der Waals surface area contributed by atoms with Crippen molar-refractivity contribution in [2.75, 3.05) is 23.7 Å². The molecule has 2 amide bonds. The molecule has 0 saturated carbocycles. The number of sulfonamides is 1. The number of nitrogens with zero attached hydrogens (tertiary/aromatic N) is 2. The molecule has 2 aromatic rings. The van der Waals surface area contributed by atoms with Crippen molar-refractivity contribution in [1.82, 2.24) is 10.2 Å². The minimum absolute atomic E-state index is 0.195. The van der Waals surface area contributed by atoms with Crippen LogP contribution in [0.4, 0.5) is 5.69 Å². The van der Waals surface area contributed by atoms with Crippen molar-refractivity contribution in [3.63, 3.8) is 0 Å². The highest BCUT2D eigenvalue weighted by atomic mass is 32.2. The number of amides is 2. The topological polar surface area (TPSA) is 86.8 Å². The number of anilines is 1. The largest absolute Gasteiger partial charge is 0.354 e. The Balaban J connectivity index is 2.36. The Morgan fingerprint density at radius 2 is 1.60 bits per heavy atom. The minimum atomic E-state index is -3.74. The molecule has 0 heterocycles. The summed E-state index contributed by atoms with van der Waals surface area (Å²) in [6.45, 7) is 12.0. The standard InChI is InChI=1S/C27H39N3O4S/c1-19(2)16-28-27(32)22(6)29(17-23-10-8-9-21(5)15-23)26(31)18-30(35(7,33)34)25-13-11-24(12-14-25)20(3)4/h8-15,19-20,22H,16-18H2,1-7H3,(H,28,32)/t22-/m0/s1. The summed E-state index contributed by atoms with van der Waals surface area (Å²) in [6.07, 6.45) is 1.08. The molecule has 0 aliphatic carbocycles. The summed E-state index contributed by atoms with van der Waals surface area (Å²) >= 11 is 0. The van der Waals surface area contributed by atoms with E-state index in [4.69, 9.17) is 0 Å². The van der Waals surface area contributed by atoms with E-state index in [2.05, 4.69) is 19.2 Å². The van der Waals surface area contributed by atoms with Crippen molar-refractivity contribution in [3.8, 4) is 0 Å². The first-order valence-electron chi connectivity index (χ1n) is 12.0. The SMILES string of the molecule is Cc1cccc(CN(C(=O)CN(c2ccc(C(C)C)cc2)S(C)(=O)=O)[C@@H](C)C(=O)NCC(C)C)c1. The van der Waals surface area contributed by atoms with E-state index >= 15 is 0 Å². The smallest absolute Gasteiger partial charge is 0.244 e. The zero-order valence-corrected chi connectivity index (χ0v) is 22.7. The van der Waals surface area contributed by atoms with E-state index < -0.39 is 28.5 Å². The Morgan fingerprint density at radius 1 is 0.971 bits per heavy atom. The maximum atomic E-state index is 13.6. The van der Waals surface area contributed by atoms with Crippen LogP contribution < -0.4 is 9.62 Å². The summed E-state index contributed by atoms with van der Waals surface area (Å²) < 4.78 is 26.4. The molecule has 192 valence electrons. The van der Waals surface area contributed by atoms with E-state index in [1.54, 1.807) is 19.1 Å². The van der Waals surface area contributed by atoms with Crippen molar-refractivity contribution in [2.24, 2.45) is 5.92 Å². The number of hydrogen-bond acceptors (Lipinski definition) is 4. The highest BCUT2D eigenvalue weighted by Gasteiger charge is 2.30. The van der Waals surface area contributed by atoms with Crippen LogP contribution in [0.5, 0.6) is 0 Å². The second kappa shape index (κ2) is 12.2. The van der Waals surface area contributed by atoms with Crippen molar-refractivity contribution >= 4 is 27.5 Å². The van der Waals surface area contributed by atoms with Gasteiger partial charge in [-0.25, -0.2) is 8.42 Å². The number of benzene rings is 2. The van der Waals surface area contributed by atoms with Crippen LogP contribution in [0.3, 0.4) is 0 Å². The Labute approximate surface area is 210 Å². The lowest BCUT2D eigenvalue weighted by molar-refractivity contribution is -0.139. The lowest BCUT2D eigenvalue weighted by Gasteiger charge is -2.31. The van der Waals surface area contributed by atoms with Gasteiger partial charge < -0.3 is 10.2 Å². The van der Waals surface area contributed by atoms with Crippen LogP contribution in [-0.4, -0.2) is 50.5 Å². The molecule has 0 aliphatic rings. The molecule has 1 atom stereocenters. The maximum Gasteiger partial charge on any atom is 0.244 e. The molecule has 2 aromatic carbocycles. The van der Waals surface area contributed by atoms with Crippen LogP contribution in [0, 0.1) is 12.8 Å². The summed E-state index contributed by atoms with van der Waals surface area (Å²) in [5, 5.41) is 2.88. The van der Waals surface area contributed by atoms with Crippen molar-refractivity contribution in [1.29, 1.82) is 0 Å². The van der Waals surface area contributed by atoms with Gasteiger partial charge in [0.05, 0.1) is 11.9 Å². The van der Waals surface area contributed by atoms with E-state index in [0.29, 0.717) is 18.2 Å². The zero-order valence-electron chi connectivity index (χ0n) is 21.9. The summed E-state index contributed by atoms with van der Waals surface area (Å²) in [7, 11) is -3.74. The number of hydrogen-bond donors (Lipinski definition) is 1. The maximum absolute atomic E-state index is 13.6. The lowest BCUT2D eigenvalue weighted by Crippen LogP contribution is -2.51. The second-order valence-corrected chi connectivity index (χ2v) is 11.7. The first-order valence-corrected chi connectivity index (χ1v) is 13.8. The molecule has 0 radical (unpaired) electrons. The first-order chi connectivity index (χ1) is 16.3. The Kier molecular flexibility index (Phi) is 9.89. The molecule has 2 rings (SSSR count). The number of carbonyl (C=O) groups is 2. The number of aryl methyl sites for hydroxylation is 1. The van der Waals surface area contributed by atoms with Crippen molar-refractivity contribution < 1.29 is 18.0 Å². The van der Waals surface area contributed by atoms with Crippen LogP contribution in [0.25, 0.3) is 0 Å². The normalized spacial score (nSPS) is 12.5. The van der Waals surface area contributed by atoms with E-state index in [-0.39, 0.29) is 18.4 Å². The predicted molar refractivity (Wildman–Crippen MR) is 142 cm³/mol. The zero-order chi connectivity index (χ0) is 26.3. The van der Waals surface area contributed by atoms with Crippen molar-refractivity contribution in [3.05, 3.63) is 65.2 Å². The average Bonchev–Trinajstić information content (AvgIpc) is 2.78. The van der Waals surface area contributed by atoms with E-state index in [0.717, 1.165) is 27.3 Å². The van der Waals surface area contributed by atoms with Crippen LogP contribution >= 0.6 is 0 Å². The Bertz CT molecular complexity index is 1110. The summed E-state index contributed by atoms with van der Waals surface area (Å²) in [6, 6.07) is 14.1. The van der Waals surface area contributed by atoms with Gasteiger partial charge in [0.1, 0.15) is 12.6 Å². The molecule has 0 saturated heterocycles. The van der Waals surface area contributed by atoms with Gasteiger partial charge in [-0.05, 0) is 48.9 Å². The summed E-state index contributed by atoms with van der Waals surface area (Å²) in [4.78, 5) is 27.9. The fourth-order valence-corrected chi connectivity index (χ4v) is 4.53. The Morgan fingerprint density at radius 3 is 2.11 bits per heavy atom. The molecule has 0 bridgehead atoms. The van der Waals surface area contributed by atoms with Gasteiger partial charge in [0, 0.05) is 13.1 Å². The molecule has 0 fully saturated rings. The van der Waals surface area contributed by atoms with Gasteiger partial charge in [-0.2, -0.15) is 0 Å². The molecular formula is C27H39N3O4S. The molecule has 8 heteroatoms. The molecule has 0 spiro atoms. The number of nitrogens with one attached hydrogen (secondary N) is 1. The average molecular weight is 502 g/mol. The quantitative estimate of drug-likeness (QED) is 0.503. The van der Waals surface area contributed by atoms with Crippen molar-refractivity contribution in [2.45, 2.75) is 60.0 Å². The number of carbonyl (C=O) groups excluding carboxylic acids is 2. The molecule has 35 heavy (non-hydrogen) atoms. The van der Waals surface area contributed by atoms with Gasteiger partial charge in [0.25, 0.3) is 0 Å². The summed E-state index contributed by atoms with van der Waals surface area (Å²) in [5.41, 5.74) is 3.39. The fraction of sp³-hybridized carbons (Fsp3) is 0.481. The van der Waals surface area contributed by atoms with Crippen LogP contribution in [-0.2, 0) is 26.2 Å². The second-order valence-electron chi connectivity index (χ2n) is 9.84. The first kappa shape index (κ1) is 28.4. The third-order valence-electron chi connectivity index (χ3n) is 5.81. The van der Waals surface area contributed by atoms with Gasteiger partial charge in [-0.3, -0.25) is 13.9 Å². The fourth-order valence-electron chi connectivity index (χ4n) is 3.68. The highest BCUT2D eigenvalue weighted by Crippen LogP contribution is 2.23. The minimum Gasteiger partial charge on any atom is -0.354 e. The van der Waals surface area contributed by atoms with E-state index in [9.17, 15) is 18.0 Å². The third kappa shape index (κ3) is 8.38. The number of rotatable bonds is 11. The predicted octanol–water partition coefficient (Wildman–Crippen LogP) is 4.07. The molecule has 7 nitrogen and oxygen atoms in total. The molecule has 0 aliphatic heterocycles. The third-order valence-corrected chi connectivity index (χ3v) is 6.95. The molecular weight excluding hydrogens is 462 g/mol. The Hall–Kier alpha value is -2.87. The molecule has 1 N–H and O–H groups in total. The summed E-state index contributed by atoms with van der Waals surface area (Å²) in [5.74, 6) is -0.155. The lowest BCUT2D eigenvalue weighted by atomic mass is 10.0. The van der Waals surface area contributed by atoms with Gasteiger partial charge >= 0.3 is 0 Å². The van der Waals surface area contributed by atoms with Crippen LogP contribution in [0.15, 0.2) is 48.5 Å². The van der Waals surface area contributed by atoms with Gasteiger partial charge in [0.15, 0.2) is 0 Å². The molecule has 0 unspecified atom stereocenters. The van der Waals surface area contributed by atoms with Gasteiger partial charge in [-0.15, -0.1) is 0 Å². The monoisotopic (exact) mass is 501 g/mol. The van der Waals surface area contributed by atoms with E-state index in [1.807, 2.05) is 57.2 Å². The molecule has 0 aromatic heterocycles. The van der Waals surface area contributed by atoms with Gasteiger partial charge in [0.2, 0.25) is 21.8 Å². The van der Waals surface area contributed by atoms with E-state index in [1.165, 1.54) is 4.90 Å². The van der Waals surface area contributed by atoms with Crippen LogP contribution in [0.1, 0.15) is 57.2 Å². The van der Waals surface area contributed by atoms with Gasteiger partial charge in [-0.1, -0.05) is 69.7 Å². The van der Waals surface area contributed by atoms with Crippen LogP contribution in [0.2, 0.25) is 0 Å².